The van der Waals surface area contributed by atoms with Crippen molar-refractivity contribution in [2.24, 2.45) is 0 Å². The molecule has 6 nitrogen and oxygen atoms in total. The molecular weight excluding hydrogens is 481 g/mol. The molecule has 1 unspecified atom stereocenters. The molecule has 0 spiro atoms. The summed E-state index contributed by atoms with van der Waals surface area (Å²) >= 11 is 0. The van der Waals surface area contributed by atoms with Crippen molar-refractivity contribution in [3.05, 3.63) is 115 Å². The smallest absolute Gasteiger partial charge is 0.406 e. The third kappa shape index (κ3) is 5.95. The first-order valence-electron chi connectivity index (χ1n) is 11.5. The van der Waals surface area contributed by atoms with E-state index in [0.29, 0.717) is 22.8 Å². The number of hydrogen-bond acceptors (Lipinski definition) is 4. The van der Waals surface area contributed by atoms with Gasteiger partial charge in [-0.05, 0) is 60.5 Å². The molecule has 1 heterocycles. The molecule has 0 radical (unpaired) electrons. The van der Waals surface area contributed by atoms with Crippen molar-refractivity contribution in [2.75, 3.05) is 5.32 Å². The van der Waals surface area contributed by atoms with Crippen molar-refractivity contribution in [2.45, 2.75) is 18.7 Å². The summed E-state index contributed by atoms with van der Waals surface area (Å²) in [5.41, 5.74) is 3.71. The Balaban J connectivity index is 1.20. The SMILES string of the molecule is O=C(Nc1ccc(-c2ncn(-c3ccc(OC(F)(F)F)cc3)n2)cc1)C1=CCC(c2ccccc2)C=C1. The van der Waals surface area contributed by atoms with E-state index in [2.05, 4.69) is 32.3 Å². The van der Waals surface area contributed by atoms with Crippen LogP contribution < -0.4 is 10.1 Å². The summed E-state index contributed by atoms with van der Waals surface area (Å²) in [6.07, 6.45) is 3.32. The molecule has 1 aliphatic carbocycles. The molecular formula is C28H21F3N4O2. The topological polar surface area (TPSA) is 69.0 Å². The third-order valence-electron chi connectivity index (χ3n) is 5.82. The average Bonchev–Trinajstić information content (AvgIpc) is 3.40. The van der Waals surface area contributed by atoms with E-state index in [1.165, 1.54) is 40.8 Å². The van der Waals surface area contributed by atoms with Crippen LogP contribution in [0.25, 0.3) is 17.1 Å². The predicted molar refractivity (Wildman–Crippen MR) is 133 cm³/mol. The molecule has 37 heavy (non-hydrogen) atoms. The van der Waals surface area contributed by atoms with Crippen LogP contribution in [0.4, 0.5) is 18.9 Å². The van der Waals surface area contributed by atoms with Gasteiger partial charge in [0.25, 0.3) is 5.91 Å². The van der Waals surface area contributed by atoms with E-state index in [9.17, 15) is 18.0 Å². The first kappa shape index (κ1) is 24.1. The number of hydrogen-bond donors (Lipinski definition) is 1. The molecule has 1 atom stereocenters. The van der Waals surface area contributed by atoms with Gasteiger partial charge in [-0.2, -0.15) is 0 Å². The molecule has 9 heteroatoms. The number of carbonyl (C=O) groups excluding carboxylic acids is 1. The molecule has 5 rings (SSSR count). The van der Waals surface area contributed by atoms with Gasteiger partial charge < -0.3 is 10.1 Å². The zero-order valence-electron chi connectivity index (χ0n) is 19.4. The highest BCUT2D eigenvalue weighted by atomic mass is 19.4. The second-order valence-electron chi connectivity index (χ2n) is 8.36. The maximum atomic E-state index is 12.7. The van der Waals surface area contributed by atoms with E-state index in [0.717, 1.165) is 12.0 Å². The zero-order chi connectivity index (χ0) is 25.8. The maximum absolute atomic E-state index is 12.7. The molecule has 1 aromatic heterocycles. The first-order chi connectivity index (χ1) is 17.8. The van der Waals surface area contributed by atoms with E-state index in [-0.39, 0.29) is 17.6 Å². The van der Waals surface area contributed by atoms with Gasteiger partial charge in [0.2, 0.25) is 0 Å². The van der Waals surface area contributed by atoms with Crippen LogP contribution in [0.5, 0.6) is 5.75 Å². The van der Waals surface area contributed by atoms with Gasteiger partial charge in [0.1, 0.15) is 12.1 Å². The van der Waals surface area contributed by atoms with Crippen molar-refractivity contribution < 1.29 is 22.7 Å². The molecule has 186 valence electrons. The largest absolute Gasteiger partial charge is 0.573 e. The van der Waals surface area contributed by atoms with Crippen LogP contribution in [0.1, 0.15) is 17.9 Å². The monoisotopic (exact) mass is 502 g/mol. The fourth-order valence-electron chi connectivity index (χ4n) is 3.96. The Labute approximate surface area is 210 Å². The summed E-state index contributed by atoms with van der Waals surface area (Å²) in [5.74, 6) is 0.189. The molecule has 0 aliphatic heterocycles. The number of benzene rings is 3. The van der Waals surface area contributed by atoms with E-state index in [1.54, 1.807) is 24.3 Å². The average molecular weight is 502 g/mol. The van der Waals surface area contributed by atoms with Gasteiger partial charge in [-0.1, -0.05) is 48.6 Å². The minimum atomic E-state index is -4.75. The number of aromatic nitrogens is 3. The number of alkyl halides is 3. The predicted octanol–water partition coefficient (Wildman–Crippen LogP) is 6.44. The lowest BCUT2D eigenvalue weighted by atomic mass is 9.90. The lowest BCUT2D eigenvalue weighted by molar-refractivity contribution is -0.274. The van der Waals surface area contributed by atoms with Crippen molar-refractivity contribution in [1.29, 1.82) is 0 Å². The summed E-state index contributed by atoms with van der Waals surface area (Å²) in [7, 11) is 0. The molecule has 0 bridgehead atoms. The van der Waals surface area contributed by atoms with Crippen LogP contribution in [0.15, 0.2) is 109 Å². The lowest BCUT2D eigenvalue weighted by Gasteiger charge is -2.16. The van der Waals surface area contributed by atoms with Gasteiger partial charge in [-0.25, -0.2) is 9.67 Å². The Morgan fingerprint density at radius 1 is 0.973 bits per heavy atom. The summed E-state index contributed by atoms with van der Waals surface area (Å²) in [6.45, 7) is 0. The summed E-state index contributed by atoms with van der Waals surface area (Å²) in [5, 5.41) is 7.29. The van der Waals surface area contributed by atoms with Crippen molar-refractivity contribution in [3.8, 4) is 22.8 Å². The fourth-order valence-corrected chi connectivity index (χ4v) is 3.96. The van der Waals surface area contributed by atoms with Crippen molar-refractivity contribution in [1.82, 2.24) is 14.8 Å². The van der Waals surface area contributed by atoms with Crippen molar-refractivity contribution >= 4 is 11.6 Å². The van der Waals surface area contributed by atoms with E-state index in [1.807, 2.05) is 36.4 Å². The number of carbonyl (C=O) groups is 1. The number of ether oxygens (including phenoxy) is 1. The Bertz CT molecular complexity index is 1440. The van der Waals surface area contributed by atoms with Crippen LogP contribution in [-0.4, -0.2) is 27.0 Å². The molecule has 0 fully saturated rings. The van der Waals surface area contributed by atoms with Gasteiger partial charge in [0, 0.05) is 22.7 Å². The van der Waals surface area contributed by atoms with Crippen LogP contribution in [0, 0.1) is 0 Å². The van der Waals surface area contributed by atoms with E-state index >= 15 is 0 Å². The van der Waals surface area contributed by atoms with E-state index < -0.39 is 6.36 Å². The Hall–Kier alpha value is -4.66. The zero-order valence-corrected chi connectivity index (χ0v) is 19.4. The molecule has 3 aromatic carbocycles. The van der Waals surface area contributed by atoms with Crippen LogP contribution in [0.2, 0.25) is 0 Å². The Kier molecular flexibility index (Phi) is 6.59. The second kappa shape index (κ2) is 10.1. The quantitative estimate of drug-likeness (QED) is 0.329. The Morgan fingerprint density at radius 2 is 1.70 bits per heavy atom. The summed E-state index contributed by atoms with van der Waals surface area (Å²) in [6, 6.07) is 22.6. The highest BCUT2D eigenvalue weighted by Gasteiger charge is 2.31. The van der Waals surface area contributed by atoms with Crippen LogP contribution in [-0.2, 0) is 4.79 Å². The number of anilines is 1. The number of nitrogens with zero attached hydrogens (tertiary/aromatic N) is 3. The molecule has 1 aliphatic rings. The first-order valence-corrected chi connectivity index (χ1v) is 11.5. The number of amides is 1. The van der Waals surface area contributed by atoms with Crippen LogP contribution >= 0.6 is 0 Å². The van der Waals surface area contributed by atoms with Gasteiger partial charge in [-0.15, -0.1) is 18.3 Å². The molecule has 1 amide bonds. The summed E-state index contributed by atoms with van der Waals surface area (Å²) < 4.78 is 42.4. The Morgan fingerprint density at radius 3 is 2.35 bits per heavy atom. The third-order valence-corrected chi connectivity index (χ3v) is 5.82. The number of halogens is 3. The van der Waals surface area contributed by atoms with Gasteiger partial charge in [0.15, 0.2) is 5.82 Å². The molecule has 0 saturated carbocycles. The fraction of sp³-hybridized carbons (Fsp3) is 0.107. The standard InChI is InChI=1S/C28H21F3N4O2/c29-28(30,31)37-25-16-14-24(15-17-25)35-18-32-26(34-35)21-10-12-23(13-11-21)33-27(36)22-8-6-20(7-9-22)19-4-2-1-3-5-19/h1-6,8-18,20H,7H2,(H,33,36). The highest BCUT2D eigenvalue weighted by Crippen LogP contribution is 2.28. The number of allylic oxidation sites excluding steroid dienone is 2. The second-order valence-corrected chi connectivity index (χ2v) is 8.36. The maximum Gasteiger partial charge on any atom is 0.573 e. The number of rotatable bonds is 6. The molecule has 4 aromatic rings. The molecule has 0 saturated heterocycles. The van der Waals surface area contributed by atoms with Gasteiger partial charge in [0.05, 0.1) is 5.69 Å². The van der Waals surface area contributed by atoms with Crippen molar-refractivity contribution in [3.63, 3.8) is 0 Å². The summed E-state index contributed by atoms with van der Waals surface area (Å²) in [4.78, 5) is 17.0. The highest BCUT2D eigenvalue weighted by molar-refractivity contribution is 6.06. The molecule has 1 N–H and O–H groups in total. The van der Waals surface area contributed by atoms with E-state index in [4.69, 9.17) is 0 Å². The minimum absolute atomic E-state index is 0.184. The van der Waals surface area contributed by atoms with Gasteiger partial charge >= 0.3 is 6.36 Å². The van der Waals surface area contributed by atoms with Crippen LogP contribution in [0.3, 0.4) is 0 Å². The minimum Gasteiger partial charge on any atom is -0.406 e. The lowest BCUT2D eigenvalue weighted by Crippen LogP contribution is -2.17. The van der Waals surface area contributed by atoms with Gasteiger partial charge in [-0.3, -0.25) is 4.79 Å². The normalized spacial score (nSPS) is 15.2. The number of nitrogens with one attached hydrogen (secondary N) is 1.